The molecule has 1 aromatic rings. The molecule has 116 valence electrons. The zero-order chi connectivity index (χ0) is 15.1. The molecule has 0 saturated carbocycles. The summed E-state index contributed by atoms with van der Waals surface area (Å²) in [7, 11) is -2.99. The number of anilines is 1. The van der Waals surface area contributed by atoms with Gasteiger partial charge in [-0.15, -0.1) is 0 Å². The van der Waals surface area contributed by atoms with Gasteiger partial charge < -0.3 is 5.32 Å². The van der Waals surface area contributed by atoms with Crippen molar-refractivity contribution in [3.8, 4) is 0 Å². The van der Waals surface area contributed by atoms with Crippen LogP contribution in [0.2, 0.25) is 0 Å². The van der Waals surface area contributed by atoms with Crippen LogP contribution in [0.4, 0.5) is 5.69 Å². The monoisotopic (exact) mass is 308 g/mol. The zero-order valence-corrected chi connectivity index (χ0v) is 13.7. The van der Waals surface area contributed by atoms with Crippen molar-refractivity contribution in [1.29, 1.82) is 0 Å². The minimum Gasteiger partial charge on any atom is -0.384 e. The molecule has 1 N–H and O–H groups in total. The Hall–Kier alpha value is -1.07. The topological polar surface area (TPSA) is 49.4 Å². The number of hydrogen-bond acceptors (Lipinski definition) is 4. The normalized spacial score (nSPS) is 24.1. The van der Waals surface area contributed by atoms with Crippen molar-refractivity contribution in [1.82, 2.24) is 4.90 Å². The van der Waals surface area contributed by atoms with Gasteiger partial charge in [-0.1, -0.05) is 18.2 Å². The molecule has 1 saturated heterocycles. The molecule has 2 aliphatic rings. The Balaban J connectivity index is 1.77. The molecular formula is C16H24N2O2S. The first-order valence-electron chi connectivity index (χ1n) is 7.68. The van der Waals surface area contributed by atoms with E-state index in [0.717, 1.165) is 26.1 Å². The third-order valence-corrected chi connectivity index (χ3v) is 7.48. The lowest BCUT2D eigenvalue weighted by atomic mass is 10.1. The summed E-state index contributed by atoms with van der Waals surface area (Å²) in [6, 6.07) is 6.44. The number of nitrogens with zero attached hydrogens (tertiary/aromatic N) is 1. The van der Waals surface area contributed by atoms with Crippen molar-refractivity contribution < 1.29 is 8.42 Å². The molecule has 2 aliphatic heterocycles. The Kier molecular flexibility index (Phi) is 3.74. The molecule has 0 amide bonds. The average molecular weight is 308 g/mol. The molecule has 0 atom stereocenters. The predicted molar refractivity (Wildman–Crippen MR) is 86.4 cm³/mol. The molecule has 0 aromatic heterocycles. The first kappa shape index (κ1) is 14.9. The summed E-state index contributed by atoms with van der Waals surface area (Å²) in [5.74, 6) is 0.266. The minimum absolute atomic E-state index is 0.266. The number of fused-ring (bicyclic) bond motifs is 1. The van der Waals surface area contributed by atoms with E-state index in [4.69, 9.17) is 0 Å². The third kappa shape index (κ3) is 2.81. The Morgan fingerprint density at radius 2 is 2.10 bits per heavy atom. The Labute approximate surface area is 127 Å². The summed E-state index contributed by atoms with van der Waals surface area (Å²) in [6.45, 7) is 7.03. The molecule has 1 fully saturated rings. The van der Waals surface area contributed by atoms with Gasteiger partial charge in [0.05, 0.1) is 10.5 Å². The fraction of sp³-hybridized carbons (Fsp3) is 0.625. The molecule has 1 aromatic carbocycles. The van der Waals surface area contributed by atoms with Gasteiger partial charge in [-0.25, -0.2) is 8.42 Å². The van der Waals surface area contributed by atoms with Crippen LogP contribution in [0.5, 0.6) is 0 Å². The zero-order valence-electron chi connectivity index (χ0n) is 12.9. The molecule has 0 aliphatic carbocycles. The predicted octanol–water partition coefficient (Wildman–Crippen LogP) is 2.05. The van der Waals surface area contributed by atoms with Crippen LogP contribution in [0, 0.1) is 0 Å². The van der Waals surface area contributed by atoms with Crippen LogP contribution in [-0.4, -0.2) is 43.5 Å². The van der Waals surface area contributed by atoms with E-state index in [1.165, 1.54) is 16.8 Å². The van der Waals surface area contributed by atoms with Crippen molar-refractivity contribution in [3.63, 3.8) is 0 Å². The van der Waals surface area contributed by atoms with E-state index in [9.17, 15) is 8.42 Å². The number of nitrogens with one attached hydrogen (secondary N) is 1. The SMILES string of the molecule is CC1(C)CCN(Cc2cccc3c2NCC3)CCS1(=O)=O. The van der Waals surface area contributed by atoms with Gasteiger partial charge in [0, 0.05) is 31.9 Å². The molecule has 4 nitrogen and oxygen atoms in total. The molecule has 3 rings (SSSR count). The van der Waals surface area contributed by atoms with E-state index in [1.54, 1.807) is 0 Å². The highest BCUT2D eigenvalue weighted by molar-refractivity contribution is 7.92. The highest BCUT2D eigenvalue weighted by Crippen LogP contribution is 2.29. The Morgan fingerprint density at radius 1 is 1.29 bits per heavy atom. The average Bonchev–Trinajstić information content (AvgIpc) is 2.87. The summed E-state index contributed by atoms with van der Waals surface area (Å²) in [6.07, 6.45) is 1.79. The molecule has 21 heavy (non-hydrogen) atoms. The number of para-hydroxylation sites is 1. The lowest BCUT2D eigenvalue weighted by molar-refractivity contribution is 0.277. The van der Waals surface area contributed by atoms with Gasteiger partial charge in [0.25, 0.3) is 0 Å². The maximum atomic E-state index is 12.3. The van der Waals surface area contributed by atoms with Crippen LogP contribution < -0.4 is 5.32 Å². The molecule has 2 heterocycles. The van der Waals surface area contributed by atoms with Crippen molar-refractivity contribution >= 4 is 15.5 Å². The fourth-order valence-electron chi connectivity index (χ4n) is 3.16. The largest absolute Gasteiger partial charge is 0.384 e. The van der Waals surface area contributed by atoms with Crippen LogP contribution in [0.15, 0.2) is 18.2 Å². The smallest absolute Gasteiger partial charge is 0.156 e. The standard InChI is InChI=1S/C16H24N2O2S/c1-16(2)7-9-18(10-11-21(16,19)20)12-14-5-3-4-13-6-8-17-15(13)14/h3-5,17H,6-12H2,1-2H3. The van der Waals surface area contributed by atoms with Gasteiger partial charge >= 0.3 is 0 Å². The van der Waals surface area contributed by atoms with Crippen LogP contribution in [0.1, 0.15) is 31.4 Å². The van der Waals surface area contributed by atoms with E-state index in [-0.39, 0.29) is 5.75 Å². The Morgan fingerprint density at radius 3 is 2.90 bits per heavy atom. The van der Waals surface area contributed by atoms with E-state index >= 15 is 0 Å². The number of rotatable bonds is 2. The first-order valence-corrected chi connectivity index (χ1v) is 9.34. The van der Waals surface area contributed by atoms with Gasteiger partial charge in [-0.3, -0.25) is 4.90 Å². The molecule has 0 unspecified atom stereocenters. The highest BCUT2D eigenvalue weighted by Gasteiger charge is 2.37. The van der Waals surface area contributed by atoms with Gasteiger partial charge in [0.15, 0.2) is 9.84 Å². The summed E-state index contributed by atoms with van der Waals surface area (Å²) in [5, 5.41) is 3.46. The number of sulfone groups is 1. The van der Waals surface area contributed by atoms with Crippen LogP contribution in [0.25, 0.3) is 0 Å². The van der Waals surface area contributed by atoms with E-state index in [2.05, 4.69) is 28.4 Å². The van der Waals surface area contributed by atoms with Crippen LogP contribution in [0.3, 0.4) is 0 Å². The lowest BCUT2D eigenvalue weighted by Crippen LogP contribution is -2.33. The molecule has 5 heteroatoms. The van der Waals surface area contributed by atoms with Crippen molar-refractivity contribution in [2.24, 2.45) is 0 Å². The number of benzene rings is 1. The van der Waals surface area contributed by atoms with E-state index in [0.29, 0.717) is 13.0 Å². The second-order valence-electron chi connectivity index (χ2n) is 6.73. The molecule has 0 radical (unpaired) electrons. The van der Waals surface area contributed by atoms with Crippen molar-refractivity contribution in [3.05, 3.63) is 29.3 Å². The summed E-state index contributed by atoms with van der Waals surface area (Å²) in [4.78, 5) is 2.28. The van der Waals surface area contributed by atoms with E-state index < -0.39 is 14.6 Å². The maximum Gasteiger partial charge on any atom is 0.156 e. The molecule has 0 bridgehead atoms. The second-order valence-corrected chi connectivity index (χ2v) is 9.48. The Bertz CT molecular complexity index is 638. The summed E-state index contributed by atoms with van der Waals surface area (Å²) in [5.41, 5.74) is 3.95. The van der Waals surface area contributed by atoms with Crippen LogP contribution >= 0.6 is 0 Å². The molecular weight excluding hydrogens is 284 g/mol. The van der Waals surface area contributed by atoms with Gasteiger partial charge in [-0.2, -0.15) is 0 Å². The first-order chi connectivity index (χ1) is 9.89. The lowest BCUT2D eigenvalue weighted by Gasteiger charge is -2.23. The second kappa shape index (κ2) is 5.29. The number of hydrogen-bond donors (Lipinski definition) is 1. The quantitative estimate of drug-likeness (QED) is 0.908. The fourth-order valence-corrected chi connectivity index (χ4v) is 4.62. The van der Waals surface area contributed by atoms with Gasteiger partial charge in [-0.05, 0) is 37.8 Å². The van der Waals surface area contributed by atoms with Gasteiger partial charge in [0.2, 0.25) is 0 Å². The third-order valence-electron chi connectivity index (χ3n) is 4.88. The minimum atomic E-state index is -2.99. The maximum absolute atomic E-state index is 12.3. The van der Waals surface area contributed by atoms with Crippen molar-refractivity contribution in [2.75, 3.05) is 30.7 Å². The highest BCUT2D eigenvalue weighted by atomic mass is 32.2. The van der Waals surface area contributed by atoms with E-state index in [1.807, 2.05) is 13.8 Å². The molecule has 0 spiro atoms. The van der Waals surface area contributed by atoms with Gasteiger partial charge in [0.1, 0.15) is 0 Å². The van der Waals surface area contributed by atoms with Crippen molar-refractivity contribution in [2.45, 2.75) is 38.0 Å². The summed E-state index contributed by atoms with van der Waals surface area (Å²) >= 11 is 0. The summed E-state index contributed by atoms with van der Waals surface area (Å²) < 4.78 is 23.9. The van der Waals surface area contributed by atoms with Crippen LogP contribution in [-0.2, 0) is 22.8 Å².